The molecule has 0 aromatic rings. The maximum atomic E-state index is 6.71. The highest BCUT2D eigenvalue weighted by atomic mass is 16.5. The second-order valence-electron chi connectivity index (χ2n) is 8.19. The molecule has 0 spiro atoms. The lowest BCUT2D eigenvalue weighted by Crippen LogP contribution is -2.63. The minimum Gasteiger partial charge on any atom is -0.374 e. The van der Waals surface area contributed by atoms with E-state index >= 15 is 0 Å². The summed E-state index contributed by atoms with van der Waals surface area (Å²) in [6.07, 6.45) is 7.38. The van der Waals surface area contributed by atoms with Crippen molar-refractivity contribution >= 4 is 0 Å². The minimum absolute atomic E-state index is 0.332. The Balaban J connectivity index is 1.99. The van der Waals surface area contributed by atoms with E-state index in [1.807, 2.05) is 0 Å². The van der Waals surface area contributed by atoms with Gasteiger partial charge in [0.25, 0.3) is 0 Å². The van der Waals surface area contributed by atoms with Crippen LogP contribution in [-0.2, 0) is 4.74 Å². The summed E-state index contributed by atoms with van der Waals surface area (Å²) in [5.41, 5.74) is 0.332. The number of ether oxygens (including phenoxy) is 1. The quantitative estimate of drug-likeness (QED) is 0.771. The molecule has 0 bridgehead atoms. The Morgan fingerprint density at radius 2 is 1.90 bits per heavy atom. The molecule has 0 amide bonds. The van der Waals surface area contributed by atoms with Crippen LogP contribution in [0.25, 0.3) is 0 Å². The third-order valence-electron chi connectivity index (χ3n) is 6.49. The normalized spacial score (nSPS) is 43.9. The molecule has 0 aromatic heterocycles. The molecule has 2 rings (SSSR count). The van der Waals surface area contributed by atoms with Gasteiger partial charge in [0.1, 0.15) is 0 Å². The maximum Gasteiger partial charge on any atom is 0.0662 e. The summed E-state index contributed by atoms with van der Waals surface area (Å²) in [4.78, 5) is 0. The van der Waals surface area contributed by atoms with Gasteiger partial charge in [-0.05, 0) is 50.0 Å². The van der Waals surface area contributed by atoms with Gasteiger partial charge in [0, 0.05) is 11.5 Å². The van der Waals surface area contributed by atoms with E-state index in [9.17, 15) is 0 Å². The van der Waals surface area contributed by atoms with Gasteiger partial charge in [0.15, 0.2) is 0 Å². The van der Waals surface area contributed by atoms with Gasteiger partial charge in [-0.15, -0.1) is 0 Å². The maximum absolute atomic E-state index is 6.71. The molecule has 124 valence electrons. The van der Waals surface area contributed by atoms with Crippen molar-refractivity contribution in [3.63, 3.8) is 0 Å². The van der Waals surface area contributed by atoms with Crippen LogP contribution in [0.4, 0.5) is 0 Å². The van der Waals surface area contributed by atoms with E-state index in [1.165, 1.54) is 32.1 Å². The Labute approximate surface area is 132 Å². The Bertz CT molecular complexity index is 330. The van der Waals surface area contributed by atoms with E-state index < -0.39 is 0 Å². The van der Waals surface area contributed by atoms with E-state index in [-0.39, 0.29) is 0 Å². The lowest BCUT2D eigenvalue weighted by atomic mass is 9.61. The van der Waals surface area contributed by atoms with Crippen LogP contribution in [0.5, 0.6) is 0 Å². The number of hydrogen-bond donors (Lipinski definition) is 1. The third-order valence-corrected chi connectivity index (χ3v) is 6.49. The summed E-state index contributed by atoms with van der Waals surface area (Å²) in [6, 6.07) is 0.649. The first-order valence-corrected chi connectivity index (χ1v) is 9.31. The zero-order valence-electron chi connectivity index (χ0n) is 15.1. The third kappa shape index (κ3) is 3.47. The van der Waals surface area contributed by atoms with Crippen molar-refractivity contribution in [2.75, 3.05) is 6.54 Å². The lowest BCUT2D eigenvalue weighted by Gasteiger charge is -2.56. The van der Waals surface area contributed by atoms with E-state index in [0.717, 1.165) is 24.3 Å². The van der Waals surface area contributed by atoms with E-state index in [1.54, 1.807) is 0 Å². The summed E-state index contributed by atoms with van der Waals surface area (Å²) in [7, 11) is 0. The number of nitrogens with one attached hydrogen (secondary N) is 1. The summed E-state index contributed by atoms with van der Waals surface area (Å²) in [5, 5.41) is 3.65. The first-order valence-electron chi connectivity index (χ1n) is 9.31. The van der Waals surface area contributed by atoms with E-state index in [2.05, 4.69) is 46.9 Å². The Kier molecular flexibility index (Phi) is 5.76. The summed E-state index contributed by atoms with van der Waals surface area (Å²) in [5.74, 6) is 2.35. The van der Waals surface area contributed by atoms with Crippen LogP contribution in [0, 0.1) is 23.2 Å². The first kappa shape index (κ1) is 17.3. The van der Waals surface area contributed by atoms with Crippen LogP contribution in [0.1, 0.15) is 73.6 Å². The molecule has 6 unspecified atom stereocenters. The van der Waals surface area contributed by atoms with E-state index in [0.29, 0.717) is 23.7 Å². The van der Waals surface area contributed by atoms with Crippen LogP contribution in [0.15, 0.2) is 0 Å². The molecule has 2 saturated carbocycles. The van der Waals surface area contributed by atoms with Gasteiger partial charge in [-0.25, -0.2) is 0 Å². The minimum atomic E-state index is 0.332. The highest BCUT2D eigenvalue weighted by molar-refractivity contribution is 5.05. The van der Waals surface area contributed by atoms with Crippen molar-refractivity contribution in [3.8, 4) is 0 Å². The zero-order chi connectivity index (χ0) is 15.6. The van der Waals surface area contributed by atoms with Gasteiger partial charge in [-0.1, -0.05) is 48.0 Å². The predicted octanol–water partition coefficient (Wildman–Crippen LogP) is 4.63. The molecular weight excluding hydrogens is 258 g/mol. The molecule has 2 heteroatoms. The van der Waals surface area contributed by atoms with Gasteiger partial charge in [-0.3, -0.25) is 0 Å². The molecule has 2 aliphatic carbocycles. The lowest BCUT2D eigenvalue weighted by molar-refractivity contribution is -0.182. The van der Waals surface area contributed by atoms with Crippen molar-refractivity contribution in [2.45, 2.75) is 91.9 Å². The smallest absolute Gasteiger partial charge is 0.0662 e. The Morgan fingerprint density at radius 3 is 2.48 bits per heavy atom. The van der Waals surface area contributed by atoms with Crippen molar-refractivity contribution < 1.29 is 4.74 Å². The Morgan fingerprint density at radius 1 is 1.19 bits per heavy atom. The molecule has 6 atom stereocenters. The number of rotatable bonds is 6. The fraction of sp³-hybridized carbons (Fsp3) is 1.00. The molecule has 2 nitrogen and oxygen atoms in total. The predicted molar refractivity (Wildman–Crippen MR) is 90.5 cm³/mol. The first-order chi connectivity index (χ1) is 9.92. The standard InChI is InChI=1S/C19H37NO/c1-7-19(6)17(20-8-2)12-18(19)21-16-11-14(5)9-10-15(16)13(3)4/h13-18,20H,7-12H2,1-6H3. The molecule has 0 aliphatic heterocycles. The van der Waals surface area contributed by atoms with Crippen LogP contribution in [0.2, 0.25) is 0 Å². The van der Waals surface area contributed by atoms with Gasteiger partial charge in [0.2, 0.25) is 0 Å². The summed E-state index contributed by atoms with van der Waals surface area (Å²) >= 11 is 0. The van der Waals surface area contributed by atoms with E-state index in [4.69, 9.17) is 4.74 Å². The topological polar surface area (TPSA) is 21.3 Å². The molecule has 2 aliphatic rings. The molecule has 21 heavy (non-hydrogen) atoms. The molecule has 0 radical (unpaired) electrons. The van der Waals surface area contributed by atoms with Crippen molar-refractivity contribution in [1.29, 1.82) is 0 Å². The van der Waals surface area contributed by atoms with Gasteiger partial charge in [-0.2, -0.15) is 0 Å². The van der Waals surface area contributed by atoms with Crippen LogP contribution in [0.3, 0.4) is 0 Å². The fourth-order valence-corrected chi connectivity index (χ4v) is 4.55. The van der Waals surface area contributed by atoms with Crippen molar-refractivity contribution in [2.24, 2.45) is 23.2 Å². The molecular formula is C19H37NO. The van der Waals surface area contributed by atoms with Gasteiger partial charge in [0.05, 0.1) is 12.2 Å². The fourth-order valence-electron chi connectivity index (χ4n) is 4.55. The molecule has 0 heterocycles. The second-order valence-corrected chi connectivity index (χ2v) is 8.19. The molecule has 0 aromatic carbocycles. The van der Waals surface area contributed by atoms with Crippen LogP contribution < -0.4 is 5.32 Å². The summed E-state index contributed by atoms with van der Waals surface area (Å²) in [6.45, 7) is 15.2. The SMILES string of the molecule is CCNC1CC(OC2CC(C)CCC2C(C)C)C1(C)CC. The monoisotopic (exact) mass is 295 g/mol. The van der Waals surface area contributed by atoms with Gasteiger partial charge >= 0.3 is 0 Å². The average Bonchev–Trinajstić information content (AvgIpc) is 2.45. The molecule has 1 N–H and O–H groups in total. The van der Waals surface area contributed by atoms with Gasteiger partial charge < -0.3 is 10.1 Å². The largest absolute Gasteiger partial charge is 0.374 e. The second kappa shape index (κ2) is 7.00. The van der Waals surface area contributed by atoms with Crippen LogP contribution >= 0.6 is 0 Å². The Hall–Kier alpha value is -0.0800. The molecule has 0 saturated heterocycles. The highest BCUT2D eigenvalue weighted by Crippen LogP contribution is 2.48. The summed E-state index contributed by atoms with van der Waals surface area (Å²) < 4.78 is 6.71. The average molecular weight is 296 g/mol. The zero-order valence-corrected chi connectivity index (χ0v) is 15.1. The van der Waals surface area contributed by atoms with Crippen molar-refractivity contribution in [1.82, 2.24) is 5.32 Å². The highest BCUT2D eigenvalue weighted by Gasteiger charge is 2.52. The molecule has 2 fully saturated rings. The van der Waals surface area contributed by atoms with Crippen LogP contribution in [-0.4, -0.2) is 24.8 Å². The number of hydrogen-bond acceptors (Lipinski definition) is 2. The van der Waals surface area contributed by atoms with Crippen molar-refractivity contribution in [3.05, 3.63) is 0 Å².